The highest BCUT2D eigenvalue weighted by atomic mass is 32.2. The molecule has 1 rings (SSSR count). The van der Waals surface area contributed by atoms with Gasteiger partial charge >= 0.3 is 0 Å². The minimum Gasteiger partial charge on any atom is -0.383 e. The van der Waals surface area contributed by atoms with Crippen LogP contribution in [0.25, 0.3) is 0 Å². The number of carbonyl (C=O) groups excluding carboxylic acids is 1. The third kappa shape index (κ3) is 6.51. The molecule has 0 saturated heterocycles. The molecule has 0 fully saturated rings. The molecule has 1 heterocycles. The van der Waals surface area contributed by atoms with Crippen molar-refractivity contribution in [3.8, 4) is 12.3 Å². The molecule has 0 unspecified atom stereocenters. The van der Waals surface area contributed by atoms with Crippen molar-refractivity contribution in [2.45, 2.75) is 11.7 Å². The molecule has 0 spiro atoms. The SMILES string of the molecule is C#CCNC(=O)CSc1nnnn1CCNCCOC. The predicted molar refractivity (Wildman–Crippen MR) is 75.1 cm³/mol. The van der Waals surface area contributed by atoms with E-state index in [0.29, 0.717) is 18.3 Å². The summed E-state index contributed by atoms with van der Waals surface area (Å²) >= 11 is 1.27. The number of ether oxygens (including phenoxy) is 1. The smallest absolute Gasteiger partial charge is 0.231 e. The molecule has 9 heteroatoms. The van der Waals surface area contributed by atoms with Gasteiger partial charge in [-0.2, -0.15) is 0 Å². The second kappa shape index (κ2) is 10.2. The number of methoxy groups -OCH3 is 1. The summed E-state index contributed by atoms with van der Waals surface area (Å²) in [7, 11) is 1.66. The fraction of sp³-hybridized carbons (Fsp3) is 0.636. The molecule has 1 aromatic rings. The number of amides is 1. The highest BCUT2D eigenvalue weighted by Crippen LogP contribution is 2.12. The molecule has 0 radical (unpaired) electrons. The van der Waals surface area contributed by atoms with Crippen LogP contribution in [0.2, 0.25) is 0 Å². The molecule has 8 nitrogen and oxygen atoms in total. The van der Waals surface area contributed by atoms with Crippen molar-refractivity contribution in [1.29, 1.82) is 0 Å². The van der Waals surface area contributed by atoms with Gasteiger partial charge in [0.2, 0.25) is 11.1 Å². The third-order valence-corrected chi connectivity index (χ3v) is 3.16. The van der Waals surface area contributed by atoms with Crippen LogP contribution >= 0.6 is 11.8 Å². The molecule has 0 bridgehead atoms. The molecule has 2 N–H and O–H groups in total. The fourth-order valence-corrected chi connectivity index (χ4v) is 1.99. The molecule has 1 aromatic heterocycles. The molecular weight excluding hydrogens is 280 g/mol. The van der Waals surface area contributed by atoms with Gasteiger partial charge in [-0.15, -0.1) is 11.5 Å². The van der Waals surface area contributed by atoms with Crippen LogP contribution in [0.15, 0.2) is 5.16 Å². The summed E-state index contributed by atoms with van der Waals surface area (Å²) in [6, 6.07) is 0. The zero-order chi connectivity index (χ0) is 14.6. The summed E-state index contributed by atoms with van der Waals surface area (Å²) in [5, 5.41) is 17.7. The van der Waals surface area contributed by atoms with Crippen molar-refractivity contribution >= 4 is 17.7 Å². The fourth-order valence-electron chi connectivity index (χ4n) is 1.26. The standard InChI is InChI=1S/C11H18N6O2S/c1-3-4-13-10(18)9-20-11-14-15-16-17(11)7-5-12-6-8-19-2/h1,12H,4-9H2,2H3,(H,13,18). The Morgan fingerprint density at radius 2 is 2.40 bits per heavy atom. The Morgan fingerprint density at radius 3 is 3.15 bits per heavy atom. The van der Waals surface area contributed by atoms with E-state index in [1.165, 1.54) is 11.8 Å². The van der Waals surface area contributed by atoms with E-state index >= 15 is 0 Å². The molecule has 0 atom stereocenters. The van der Waals surface area contributed by atoms with Gasteiger partial charge in [-0.3, -0.25) is 4.79 Å². The van der Waals surface area contributed by atoms with E-state index in [0.717, 1.165) is 13.1 Å². The average Bonchev–Trinajstić information content (AvgIpc) is 2.90. The van der Waals surface area contributed by atoms with Crippen LogP contribution in [-0.2, 0) is 16.1 Å². The van der Waals surface area contributed by atoms with Gasteiger partial charge in [0, 0.05) is 20.2 Å². The van der Waals surface area contributed by atoms with Gasteiger partial charge in [0.15, 0.2) is 0 Å². The lowest BCUT2D eigenvalue weighted by molar-refractivity contribution is -0.118. The zero-order valence-electron chi connectivity index (χ0n) is 11.3. The summed E-state index contributed by atoms with van der Waals surface area (Å²) in [4.78, 5) is 11.4. The quantitative estimate of drug-likeness (QED) is 0.317. The van der Waals surface area contributed by atoms with Crippen molar-refractivity contribution in [3.05, 3.63) is 0 Å². The van der Waals surface area contributed by atoms with Crippen LogP contribution in [0.4, 0.5) is 0 Å². The lowest BCUT2D eigenvalue weighted by Crippen LogP contribution is -2.26. The summed E-state index contributed by atoms with van der Waals surface area (Å²) in [6.07, 6.45) is 5.06. The van der Waals surface area contributed by atoms with Crippen LogP contribution < -0.4 is 10.6 Å². The van der Waals surface area contributed by atoms with Crippen molar-refractivity contribution in [2.75, 3.05) is 39.1 Å². The van der Waals surface area contributed by atoms with Gasteiger partial charge in [0.1, 0.15) is 0 Å². The minimum atomic E-state index is -0.138. The number of aromatic nitrogens is 4. The van der Waals surface area contributed by atoms with Crippen LogP contribution in [0.5, 0.6) is 0 Å². The first-order chi connectivity index (χ1) is 9.77. The van der Waals surface area contributed by atoms with Crippen LogP contribution in [-0.4, -0.2) is 65.2 Å². The van der Waals surface area contributed by atoms with E-state index in [1.54, 1.807) is 11.8 Å². The van der Waals surface area contributed by atoms with E-state index in [4.69, 9.17) is 11.2 Å². The Labute approximate surface area is 122 Å². The maximum absolute atomic E-state index is 11.4. The van der Waals surface area contributed by atoms with Crippen LogP contribution in [0, 0.1) is 12.3 Å². The first kappa shape index (κ1) is 16.4. The zero-order valence-corrected chi connectivity index (χ0v) is 12.2. The lowest BCUT2D eigenvalue weighted by Gasteiger charge is -2.05. The molecule has 1 amide bonds. The van der Waals surface area contributed by atoms with Crippen LogP contribution in [0.3, 0.4) is 0 Å². The number of carbonyl (C=O) groups is 1. The normalized spacial score (nSPS) is 10.2. The Balaban J connectivity index is 2.28. The summed E-state index contributed by atoms with van der Waals surface area (Å²) in [5.74, 6) is 2.44. The highest BCUT2D eigenvalue weighted by molar-refractivity contribution is 7.99. The number of rotatable bonds is 10. The van der Waals surface area contributed by atoms with Gasteiger partial charge in [0.25, 0.3) is 0 Å². The highest BCUT2D eigenvalue weighted by Gasteiger charge is 2.09. The topological polar surface area (TPSA) is 94.0 Å². The summed E-state index contributed by atoms with van der Waals surface area (Å²) in [6.45, 7) is 3.02. The summed E-state index contributed by atoms with van der Waals surface area (Å²) in [5.41, 5.74) is 0. The second-order valence-electron chi connectivity index (χ2n) is 3.70. The molecule has 0 aliphatic carbocycles. The first-order valence-electron chi connectivity index (χ1n) is 6.06. The van der Waals surface area contributed by atoms with Gasteiger partial charge in [0.05, 0.1) is 25.4 Å². The average molecular weight is 298 g/mol. The van der Waals surface area contributed by atoms with Crippen molar-refractivity contribution in [1.82, 2.24) is 30.8 Å². The van der Waals surface area contributed by atoms with Gasteiger partial charge in [-0.1, -0.05) is 17.7 Å². The Bertz CT molecular complexity index is 444. The van der Waals surface area contributed by atoms with Crippen molar-refractivity contribution < 1.29 is 9.53 Å². The van der Waals surface area contributed by atoms with E-state index in [1.807, 2.05) is 0 Å². The molecule has 0 saturated carbocycles. The van der Waals surface area contributed by atoms with E-state index < -0.39 is 0 Å². The monoisotopic (exact) mass is 298 g/mol. The number of hydrogen-bond donors (Lipinski definition) is 2. The Kier molecular flexibility index (Phi) is 8.37. The second-order valence-corrected chi connectivity index (χ2v) is 4.64. The number of nitrogens with one attached hydrogen (secondary N) is 2. The molecule has 110 valence electrons. The third-order valence-electron chi connectivity index (χ3n) is 2.20. The van der Waals surface area contributed by atoms with E-state index in [9.17, 15) is 4.79 Å². The predicted octanol–water partition coefficient (Wildman–Crippen LogP) is -1.25. The van der Waals surface area contributed by atoms with Crippen LogP contribution in [0.1, 0.15) is 0 Å². The molecule has 20 heavy (non-hydrogen) atoms. The minimum absolute atomic E-state index is 0.138. The maximum atomic E-state index is 11.4. The first-order valence-corrected chi connectivity index (χ1v) is 7.05. The number of tetrazole rings is 1. The molecule has 0 aliphatic heterocycles. The molecule has 0 aliphatic rings. The number of nitrogens with zero attached hydrogens (tertiary/aromatic N) is 4. The maximum Gasteiger partial charge on any atom is 0.231 e. The summed E-state index contributed by atoms with van der Waals surface area (Å²) < 4.78 is 6.58. The number of terminal acetylenes is 1. The van der Waals surface area contributed by atoms with Gasteiger partial charge in [-0.25, -0.2) is 4.68 Å². The van der Waals surface area contributed by atoms with Gasteiger partial charge in [-0.05, 0) is 10.4 Å². The number of hydrogen-bond acceptors (Lipinski definition) is 7. The molecule has 0 aromatic carbocycles. The Morgan fingerprint density at radius 1 is 1.55 bits per heavy atom. The van der Waals surface area contributed by atoms with Gasteiger partial charge < -0.3 is 15.4 Å². The molecular formula is C11H18N6O2S. The van der Waals surface area contributed by atoms with E-state index in [-0.39, 0.29) is 18.2 Å². The van der Waals surface area contributed by atoms with Crippen molar-refractivity contribution in [3.63, 3.8) is 0 Å². The number of thioether (sulfide) groups is 1. The van der Waals surface area contributed by atoms with Crippen molar-refractivity contribution in [2.24, 2.45) is 0 Å². The van der Waals surface area contributed by atoms with E-state index in [2.05, 4.69) is 32.1 Å². The largest absolute Gasteiger partial charge is 0.383 e. The lowest BCUT2D eigenvalue weighted by atomic mass is 10.6. The Hall–Kier alpha value is -1.63.